The number of sulfone groups is 1. The Morgan fingerprint density at radius 2 is 2.07 bits per heavy atom. The maximum absolute atomic E-state index is 12.1. The van der Waals surface area contributed by atoms with Gasteiger partial charge in [0.15, 0.2) is 14.2 Å². The Morgan fingerprint density at radius 1 is 1.30 bits per heavy atom. The monoisotopic (exact) mass is 430 g/mol. The van der Waals surface area contributed by atoms with E-state index in [1.807, 2.05) is 6.92 Å². The number of rotatable bonds is 11. The summed E-state index contributed by atoms with van der Waals surface area (Å²) in [7, 11) is -3.42. The third-order valence-electron chi connectivity index (χ3n) is 3.24. The average Bonchev–Trinajstić information content (AvgIpc) is 3.07. The summed E-state index contributed by atoms with van der Waals surface area (Å²) in [5, 5.41) is 14.5. The molecule has 0 radical (unpaired) electrons. The molecule has 27 heavy (non-hydrogen) atoms. The number of amides is 1. The zero-order chi connectivity index (χ0) is 19.7. The summed E-state index contributed by atoms with van der Waals surface area (Å²) in [6.45, 7) is 4.09. The number of hydrogen-bond acceptors (Lipinski definition) is 9. The van der Waals surface area contributed by atoms with E-state index in [0.29, 0.717) is 22.7 Å². The van der Waals surface area contributed by atoms with E-state index in [9.17, 15) is 13.2 Å². The molecule has 0 saturated heterocycles. The Hall–Kier alpha value is -1.69. The van der Waals surface area contributed by atoms with Crippen molar-refractivity contribution in [3.63, 3.8) is 0 Å². The molecule has 1 heterocycles. The van der Waals surface area contributed by atoms with Crippen LogP contribution in [0.4, 0.5) is 10.8 Å². The fourth-order valence-electron chi connectivity index (χ4n) is 2.06. The van der Waals surface area contributed by atoms with Gasteiger partial charge in [-0.1, -0.05) is 35.2 Å². The number of thioether (sulfide) groups is 1. The first-order valence-corrected chi connectivity index (χ1v) is 12.0. The van der Waals surface area contributed by atoms with Gasteiger partial charge >= 0.3 is 0 Å². The zero-order valence-corrected chi connectivity index (χ0v) is 17.5. The smallest absolute Gasteiger partial charge is 0.234 e. The SMILES string of the molecule is CCOCCCNc1nnc(SCC(=O)Nc2ccccc2S(C)(=O)=O)s1. The third-order valence-corrected chi connectivity index (χ3v) is 6.41. The van der Waals surface area contributed by atoms with Crippen molar-refractivity contribution in [1.82, 2.24) is 10.2 Å². The maximum atomic E-state index is 12.1. The van der Waals surface area contributed by atoms with Gasteiger partial charge < -0.3 is 15.4 Å². The van der Waals surface area contributed by atoms with Crippen molar-refractivity contribution < 1.29 is 17.9 Å². The number of benzene rings is 1. The van der Waals surface area contributed by atoms with Crippen molar-refractivity contribution in [3.8, 4) is 0 Å². The standard InChI is InChI=1S/C16H22N4O4S3/c1-3-24-10-6-9-17-15-19-20-16(26-15)25-11-14(21)18-12-7-4-5-8-13(12)27(2,22)23/h4-5,7-8H,3,6,9-11H2,1-2H3,(H,17,19)(H,18,21). The lowest BCUT2D eigenvalue weighted by atomic mass is 10.3. The second kappa shape index (κ2) is 10.6. The van der Waals surface area contributed by atoms with E-state index >= 15 is 0 Å². The number of nitrogens with zero attached hydrogens (tertiary/aromatic N) is 2. The summed E-state index contributed by atoms with van der Waals surface area (Å²) in [5.74, 6) is -0.200. The maximum Gasteiger partial charge on any atom is 0.234 e. The Morgan fingerprint density at radius 3 is 2.81 bits per heavy atom. The Balaban J connectivity index is 1.81. The summed E-state index contributed by atoms with van der Waals surface area (Å²) < 4.78 is 29.5. The minimum Gasteiger partial charge on any atom is -0.382 e. The highest BCUT2D eigenvalue weighted by atomic mass is 32.2. The van der Waals surface area contributed by atoms with Gasteiger partial charge in [-0.2, -0.15) is 0 Å². The Labute approximate surface area is 167 Å². The first kappa shape index (κ1) is 21.6. The van der Waals surface area contributed by atoms with Crippen LogP contribution < -0.4 is 10.6 Å². The van der Waals surface area contributed by atoms with Crippen LogP contribution in [0.3, 0.4) is 0 Å². The van der Waals surface area contributed by atoms with Gasteiger partial charge in [-0.05, 0) is 25.5 Å². The summed E-state index contributed by atoms with van der Waals surface area (Å²) in [6, 6.07) is 6.32. The van der Waals surface area contributed by atoms with Gasteiger partial charge in [0.2, 0.25) is 11.0 Å². The molecule has 0 aliphatic carbocycles. The molecule has 2 rings (SSSR count). The Bertz CT molecular complexity index is 855. The van der Waals surface area contributed by atoms with Crippen LogP contribution in [0.1, 0.15) is 13.3 Å². The second-order valence-electron chi connectivity index (χ2n) is 5.46. The van der Waals surface area contributed by atoms with E-state index < -0.39 is 9.84 Å². The first-order valence-electron chi connectivity index (χ1n) is 8.27. The van der Waals surface area contributed by atoms with Crippen LogP contribution in [0, 0.1) is 0 Å². The van der Waals surface area contributed by atoms with Crippen LogP contribution in [0.25, 0.3) is 0 Å². The van der Waals surface area contributed by atoms with Gasteiger partial charge in [0.05, 0.1) is 16.3 Å². The fraction of sp³-hybridized carbons (Fsp3) is 0.438. The number of hydrogen-bond donors (Lipinski definition) is 2. The minimum atomic E-state index is -3.42. The number of ether oxygens (including phenoxy) is 1. The van der Waals surface area contributed by atoms with Gasteiger partial charge in [0, 0.05) is 26.0 Å². The molecule has 0 unspecified atom stereocenters. The largest absolute Gasteiger partial charge is 0.382 e. The second-order valence-corrected chi connectivity index (χ2v) is 9.64. The number of nitrogens with one attached hydrogen (secondary N) is 2. The number of aromatic nitrogens is 2. The highest BCUT2D eigenvalue weighted by molar-refractivity contribution is 8.01. The molecule has 148 valence electrons. The first-order chi connectivity index (χ1) is 12.9. The summed E-state index contributed by atoms with van der Waals surface area (Å²) >= 11 is 2.61. The molecule has 0 aliphatic heterocycles. The lowest BCUT2D eigenvalue weighted by molar-refractivity contribution is -0.113. The highest BCUT2D eigenvalue weighted by Crippen LogP contribution is 2.26. The van der Waals surface area contributed by atoms with Crippen molar-refractivity contribution in [2.24, 2.45) is 0 Å². The van der Waals surface area contributed by atoms with E-state index in [1.165, 1.54) is 29.2 Å². The zero-order valence-electron chi connectivity index (χ0n) is 15.1. The lowest BCUT2D eigenvalue weighted by Gasteiger charge is -2.08. The molecule has 11 heteroatoms. The molecule has 0 bridgehead atoms. The molecular weight excluding hydrogens is 408 g/mol. The average molecular weight is 431 g/mol. The molecule has 0 fully saturated rings. The van der Waals surface area contributed by atoms with Crippen LogP contribution in [-0.4, -0.2) is 56.3 Å². The van der Waals surface area contributed by atoms with Gasteiger partial charge in [-0.15, -0.1) is 10.2 Å². The molecule has 1 amide bonds. The third kappa shape index (κ3) is 7.45. The molecule has 0 aliphatic rings. The molecule has 0 saturated carbocycles. The van der Waals surface area contributed by atoms with Crippen molar-refractivity contribution in [3.05, 3.63) is 24.3 Å². The quantitative estimate of drug-likeness (QED) is 0.413. The van der Waals surface area contributed by atoms with Gasteiger partial charge in [0.1, 0.15) is 0 Å². The summed E-state index contributed by atoms with van der Waals surface area (Å²) in [6.07, 6.45) is 1.98. The fourth-order valence-corrected chi connectivity index (χ4v) is 4.48. The van der Waals surface area contributed by atoms with Crippen molar-refractivity contribution in [2.75, 3.05) is 42.4 Å². The molecule has 0 spiro atoms. The van der Waals surface area contributed by atoms with Crippen LogP contribution >= 0.6 is 23.1 Å². The highest BCUT2D eigenvalue weighted by Gasteiger charge is 2.15. The van der Waals surface area contributed by atoms with Crippen LogP contribution in [-0.2, 0) is 19.4 Å². The van der Waals surface area contributed by atoms with Crippen LogP contribution in [0.5, 0.6) is 0 Å². The topological polar surface area (TPSA) is 110 Å². The van der Waals surface area contributed by atoms with Gasteiger partial charge in [-0.25, -0.2) is 8.42 Å². The number of para-hydroxylation sites is 1. The minimum absolute atomic E-state index is 0.0952. The summed E-state index contributed by atoms with van der Waals surface area (Å²) in [4.78, 5) is 12.2. The van der Waals surface area contributed by atoms with E-state index in [0.717, 1.165) is 19.2 Å². The number of anilines is 2. The predicted molar refractivity (Wildman–Crippen MR) is 108 cm³/mol. The van der Waals surface area contributed by atoms with Crippen molar-refractivity contribution >= 4 is 49.7 Å². The molecule has 1 aromatic carbocycles. The van der Waals surface area contributed by atoms with Crippen molar-refractivity contribution in [1.29, 1.82) is 0 Å². The molecule has 2 aromatic rings. The van der Waals surface area contributed by atoms with Gasteiger partial charge in [-0.3, -0.25) is 4.79 Å². The van der Waals surface area contributed by atoms with Crippen molar-refractivity contribution in [2.45, 2.75) is 22.6 Å². The lowest BCUT2D eigenvalue weighted by Crippen LogP contribution is -2.16. The predicted octanol–water partition coefficient (Wildman–Crippen LogP) is 2.51. The van der Waals surface area contributed by atoms with Crippen LogP contribution in [0.15, 0.2) is 33.5 Å². The number of carbonyl (C=O) groups is 1. The normalized spacial score (nSPS) is 11.3. The van der Waals surface area contributed by atoms with Crippen LogP contribution in [0.2, 0.25) is 0 Å². The van der Waals surface area contributed by atoms with E-state index in [4.69, 9.17) is 4.74 Å². The number of carbonyl (C=O) groups excluding carboxylic acids is 1. The van der Waals surface area contributed by atoms with E-state index in [-0.39, 0.29) is 22.2 Å². The van der Waals surface area contributed by atoms with Gasteiger partial charge in [0.25, 0.3) is 0 Å². The molecule has 2 N–H and O–H groups in total. The summed E-state index contributed by atoms with van der Waals surface area (Å²) in [5.41, 5.74) is 0.277. The molecule has 0 atom stereocenters. The van der Waals surface area contributed by atoms with E-state index in [2.05, 4.69) is 20.8 Å². The molecular formula is C16H22N4O4S3. The Kier molecular flexibility index (Phi) is 8.48. The molecule has 8 nitrogen and oxygen atoms in total. The van der Waals surface area contributed by atoms with E-state index in [1.54, 1.807) is 18.2 Å². The molecule has 1 aromatic heterocycles.